The lowest BCUT2D eigenvalue weighted by molar-refractivity contribution is -0.385. The minimum Gasteiger partial charge on any atom is -0.504 e. The molecule has 0 unspecified atom stereocenters. The van der Waals surface area contributed by atoms with Crippen LogP contribution >= 0.6 is 12.2 Å². The normalized spacial score (nSPS) is 10.3. The van der Waals surface area contributed by atoms with E-state index >= 15 is 0 Å². The van der Waals surface area contributed by atoms with Crippen LogP contribution in [0.25, 0.3) is 0 Å². The van der Waals surface area contributed by atoms with Crippen LogP contribution in [-0.4, -0.2) is 35.0 Å². The minimum absolute atomic E-state index is 0.0185. The first-order valence-corrected chi connectivity index (χ1v) is 6.02. The number of aromatic hydroxyl groups is 1. The summed E-state index contributed by atoms with van der Waals surface area (Å²) >= 11 is 4.88. The van der Waals surface area contributed by atoms with Gasteiger partial charge in [0.25, 0.3) is 5.69 Å². The lowest BCUT2D eigenvalue weighted by Gasteiger charge is -2.05. The Balaban J connectivity index is 2.99. The molecule has 0 aromatic heterocycles. The molecule has 0 fully saturated rings. The fraction of sp³-hybridized carbons (Fsp3) is 0.273. The number of nitro groups is 1. The highest BCUT2D eigenvalue weighted by Gasteiger charge is 2.17. The molecule has 20 heavy (non-hydrogen) atoms. The van der Waals surface area contributed by atoms with Gasteiger partial charge in [0.2, 0.25) is 0 Å². The van der Waals surface area contributed by atoms with E-state index in [1.165, 1.54) is 19.4 Å². The largest absolute Gasteiger partial charge is 0.504 e. The maximum Gasteiger partial charge on any atom is 0.282 e. The summed E-state index contributed by atoms with van der Waals surface area (Å²) in [4.78, 5) is 10.4. The molecule has 108 valence electrons. The minimum atomic E-state index is -0.591. The predicted octanol–water partition coefficient (Wildman–Crippen LogP) is 1.13. The van der Waals surface area contributed by atoms with Gasteiger partial charge in [-0.25, -0.2) is 0 Å². The molecule has 0 radical (unpaired) electrons. The first kappa shape index (κ1) is 15.6. The van der Waals surface area contributed by atoms with Crippen LogP contribution in [0.5, 0.6) is 11.5 Å². The summed E-state index contributed by atoms with van der Waals surface area (Å²) in [6.07, 6.45) is 1.20. The van der Waals surface area contributed by atoms with Crippen molar-refractivity contribution < 1.29 is 14.8 Å². The van der Waals surface area contributed by atoms with Gasteiger partial charge in [0.1, 0.15) is 0 Å². The van der Waals surface area contributed by atoms with Crippen LogP contribution in [0, 0.1) is 10.1 Å². The Morgan fingerprint density at radius 1 is 1.65 bits per heavy atom. The van der Waals surface area contributed by atoms with Gasteiger partial charge in [-0.05, 0) is 25.2 Å². The molecule has 1 aromatic rings. The van der Waals surface area contributed by atoms with Crippen LogP contribution in [0.2, 0.25) is 0 Å². The highest BCUT2D eigenvalue weighted by atomic mass is 32.1. The number of hydrazone groups is 1. The number of nitrogens with zero attached hydrogens (tertiary/aromatic N) is 2. The first-order valence-electron chi connectivity index (χ1n) is 5.61. The van der Waals surface area contributed by atoms with E-state index in [0.29, 0.717) is 11.7 Å². The number of thiocarbonyl (C=S) groups is 1. The molecule has 1 aromatic carbocycles. The van der Waals surface area contributed by atoms with E-state index < -0.39 is 4.92 Å². The van der Waals surface area contributed by atoms with Crippen molar-refractivity contribution in [1.29, 1.82) is 0 Å². The quantitative estimate of drug-likeness (QED) is 0.323. The SMILES string of the molecule is CCNC(=S)N/N=C/c1cc(O)c(OC)cc1[N+](=O)[O-]. The van der Waals surface area contributed by atoms with Crippen LogP contribution in [0.15, 0.2) is 17.2 Å². The fourth-order valence-corrected chi connectivity index (χ4v) is 1.56. The second kappa shape index (κ2) is 7.24. The van der Waals surface area contributed by atoms with Gasteiger partial charge >= 0.3 is 0 Å². The molecular formula is C11H14N4O4S. The lowest BCUT2D eigenvalue weighted by Crippen LogP contribution is -2.31. The fourth-order valence-electron chi connectivity index (χ4n) is 1.36. The van der Waals surface area contributed by atoms with E-state index in [0.717, 1.165) is 6.07 Å². The van der Waals surface area contributed by atoms with E-state index in [4.69, 9.17) is 17.0 Å². The zero-order valence-electron chi connectivity index (χ0n) is 10.9. The van der Waals surface area contributed by atoms with Crippen molar-refractivity contribution in [3.8, 4) is 11.5 Å². The van der Waals surface area contributed by atoms with E-state index in [1.54, 1.807) is 0 Å². The summed E-state index contributed by atoms with van der Waals surface area (Å²) < 4.78 is 4.82. The molecule has 0 aliphatic heterocycles. The Morgan fingerprint density at radius 3 is 2.90 bits per heavy atom. The van der Waals surface area contributed by atoms with Gasteiger partial charge in [0.05, 0.1) is 29.9 Å². The summed E-state index contributed by atoms with van der Waals surface area (Å²) in [6.45, 7) is 2.49. The van der Waals surface area contributed by atoms with Crippen molar-refractivity contribution in [2.75, 3.05) is 13.7 Å². The summed E-state index contributed by atoms with van der Waals surface area (Å²) in [5, 5.41) is 27.4. The van der Waals surface area contributed by atoms with Gasteiger partial charge in [0, 0.05) is 6.54 Å². The highest BCUT2D eigenvalue weighted by Crippen LogP contribution is 2.32. The Kier molecular flexibility index (Phi) is 5.66. The number of benzene rings is 1. The monoisotopic (exact) mass is 298 g/mol. The van der Waals surface area contributed by atoms with E-state index in [-0.39, 0.29) is 22.7 Å². The Labute approximate surface area is 120 Å². The number of methoxy groups -OCH3 is 1. The molecule has 3 N–H and O–H groups in total. The zero-order valence-corrected chi connectivity index (χ0v) is 11.7. The average molecular weight is 298 g/mol. The molecule has 0 saturated carbocycles. The molecule has 0 aliphatic rings. The molecular weight excluding hydrogens is 284 g/mol. The number of hydrogen-bond acceptors (Lipinski definition) is 6. The molecule has 0 amide bonds. The third-order valence-electron chi connectivity index (χ3n) is 2.23. The van der Waals surface area contributed by atoms with Gasteiger partial charge in [-0.3, -0.25) is 15.5 Å². The maximum atomic E-state index is 10.9. The number of phenols is 1. The van der Waals surface area contributed by atoms with Gasteiger partial charge in [-0.2, -0.15) is 5.10 Å². The summed E-state index contributed by atoms with van der Waals surface area (Å²) in [5.74, 6) is -0.196. The predicted molar refractivity (Wildman–Crippen MR) is 78.3 cm³/mol. The standard InChI is InChI=1S/C11H14N4O4S/c1-3-12-11(20)14-13-6-7-4-9(16)10(19-2)5-8(7)15(17)18/h4-6,16H,3H2,1-2H3,(H2,12,14,20)/b13-6+. The molecule has 8 nitrogen and oxygen atoms in total. The Bertz CT molecular complexity index is 547. The Hall–Kier alpha value is -2.42. The van der Waals surface area contributed by atoms with Gasteiger partial charge in [0.15, 0.2) is 16.6 Å². The molecule has 1 rings (SSSR count). The smallest absolute Gasteiger partial charge is 0.282 e. The number of ether oxygens (including phenoxy) is 1. The molecule has 9 heteroatoms. The lowest BCUT2D eigenvalue weighted by atomic mass is 10.1. The number of nitrogens with one attached hydrogen (secondary N) is 2. The molecule has 0 saturated heterocycles. The maximum absolute atomic E-state index is 10.9. The number of nitro benzene ring substituents is 1. The van der Waals surface area contributed by atoms with Crippen LogP contribution < -0.4 is 15.5 Å². The van der Waals surface area contributed by atoms with Crippen LogP contribution in [-0.2, 0) is 0 Å². The molecule has 0 atom stereocenters. The van der Waals surface area contributed by atoms with Crippen molar-refractivity contribution in [3.63, 3.8) is 0 Å². The van der Waals surface area contributed by atoms with Crippen molar-refractivity contribution in [3.05, 3.63) is 27.8 Å². The van der Waals surface area contributed by atoms with Crippen molar-refractivity contribution >= 4 is 29.2 Å². The van der Waals surface area contributed by atoms with Gasteiger partial charge in [-0.15, -0.1) is 0 Å². The third kappa shape index (κ3) is 4.05. The summed E-state index contributed by atoms with van der Waals surface area (Å²) in [5.41, 5.74) is 2.39. The average Bonchev–Trinajstić information content (AvgIpc) is 2.38. The van der Waals surface area contributed by atoms with E-state index in [9.17, 15) is 15.2 Å². The van der Waals surface area contributed by atoms with Crippen molar-refractivity contribution in [2.45, 2.75) is 6.92 Å². The van der Waals surface area contributed by atoms with Crippen LogP contribution in [0.4, 0.5) is 5.69 Å². The van der Waals surface area contributed by atoms with Gasteiger partial charge < -0.3 is 15.2 Å². The highest BCUT2D eigenvalue weighted by molar-refractivity contribution is 7.80. The molecule has 0 heterocycles. The number of phenolic OH excluding ortho intramolecular Hbond substituents is 1. The van der Waals surface area contributed by atoms with E-state index in [1.807, 2.05) is 6.92 Å². The van der Waals surface area contributed by atoms with Crippen molar-refractivity contribution in [1.82, 2.24) is 10.7 Å². The van der Waals surface area contributed by atoms with Gasteiger partial charge in [-0.1, -0.05) is 0 Å². The molecule has 0 aliphatic carbocycles. The first-order chi connectivity index (χ1) is 9.49. The number of rotatable bonds is 5. The molecule has 0 spiro atoms. The topological polar surface area (TPSA) is 109 Å². The molecule has 0 bridgehead atoms. The summed E-state index contributed by atoms with van der Waals surface area (Å²) in [6, 6.07) is 2.32. The van der Waals surface area contributed by atoms with Crippen LogP contribution in [0.3, 0.4) is 0 Å². The third-order valence-corrected chi connectivity index (χ3v) is 2.47. The van der Waals surface area contributed by atoms with Crippen LogP contribution in [0.1, 0.15) is 12.5 Å². The summed E-state index contributed by atoms with van der Waals surface area (Å²) in [7, 11) is 1.31. The second-order valence-electron chi connectivity index (χ2n) is 3.57. The zero-order chi connectivity index (χ0) is 15.1. The van der Waals surface area contributed by atoms with E-state index in [2.05, 4.69) is 15.8 Å². The second-order valence-corrected chi connectivity index (χ2v) is 3.98. The Morgan fingerprint density at radius 2 is 2.35 bits per heavy atom. The van der Waals surface area contributed by atoms with Crippen molar-refractivity contribution in [2.24, 2.45) is 5.10 Å². The number of hydrogen-bond donors (Lipinski definition) is 3.